The Bertz CT molecular complexity index is 268. The minimum absolute atomic E-state index is 0.158. The van der Waals surface area contributed by atoms with Crippen molar-refractivity contribution in [3.63, 3.8) is 0 Å². The number of carbonyl (C=O) groups is 1. The molecule has 0 unspecified atom stereocenters. The predicted octanol–water partition coefficient (Wildman–Crippen LogP) is 4.09. The van der Waals surface area contributed by atoms with Crippen LogP contribution >= 0.6 is 0 Å². The van der Waals surface area contributed by atoms with Crippen molar-refractivity contribution in [1.29, 1.82) is 0 Å². The van der Waals surface area contributed by atoms with Crippen LogP contribution in [0.2, 0.25) is 0 Å². The molecule has 1 rings (SSSR count). The normalized spacial score (nSPS) is 14.2. The van der Waals surface area contributed by atoms with E-state index in [1.165, 1.54) is 51.4 Å². The van der Waals surface area contributed by atoms with E-state index < -0.39 is 0 Å². The van der Waals surface area contributed by atoms with Gasteiger partial charge in [-0.1, -0.05) is 50.2 Å². The molecule has 0 aliphatic heterocycles. The summed E-state index contributed by atoms with van der Waals surface area (Å²) in [4.78, 5) is 10.5. The first-order valence-electron chi connectivity index (χ1n) is 7.22. The molecule has 0 fully saturated rings. The van der Waals surface area contributed by atoms with Gasteiger partial charge in [0, 0.05) is 6.42 Å². The first-order chi connectivity index (χ1) is 8.24. The lowest BCUT2D eigenvalue weighted by molar-refractivity contribution is -0.118. The molecular formula is C15H27NO. The quantitative estimate of drug-likeness (QED) is 0.427. The molecule has 0 aromatic rings. The van der Waals surface area contributed by atoms with Crippen molar-refractivity contribution in [2.24, 2.45) is 5.73 Å². The van der Waals surface area contributed by atoms with E-state index in [2.05, 4.69) is 6.92 Å². The fourth-order valence-corrected chi connectivity index (χ4v) is 2.38. The Balaban J connectivity index is 1.76. The molecule has 0 aromatic heterocycles. The van der Waals surface area contributed by atoms with Crippen molar-refractivity contribution >= 4 is 5.91 Å². The molecule has 0 radical (unpaired) electrons. The highest BCUT2D eigenvalue weighted by Gasteiger charge is 2.17. The van der Waals surface area contributed by atoms with Crippen LogP contribution in [0.5, 0.6) is 0 Å². The molecule has 1 aliphatic carbocycles. The topological polar surface area (TPSA) is 43.1 Å². The summed E-state index contributed by atoms with van der Waals surface area (Å²) in [5.41, 5.74) is 8.55. The lowest BCUT2D eigenvalue weighted by Gasteiger charge is -2.00. The van der Waals surface area contributed by atoms with E-state index in [9.17, 15) is 4.79 Å². The summed E-state index contributed by atoms with van der Waals surface area (Å²) in [7, 11) is 0. The third-order valence-corrected chi connectivity index (χ3v) is 3.63. The van der Waals surface area contributed by atoms with Crippen LogP contribution in [-0.2, 0) is 4.79 Å². The molecule has 98 valence electrons. The number of hydrogen-bond donors (Lipinski definition) is 1. The maximum atomic E-state index is 10.5. The molecule has 0 bridgehead atoms. The van der Waals surface area contributed by atoms with Crippen LogP contribution in [0.4, 0.5) is 0 Å². The Hall–Kier alpha value is -0.790. The fraction of sp³-hybridized carbons (Fsp3) is 0.800. The van der Waals surface area contributed by atoms with Gasteiger partial charge in [0.25, 0.3) is 0 Å². The Kier molecular flexibility index (Phi) is 6.99. The van der Waals surface area contributed by atoms with Crippen molar-refractivity contribution in [1.82, 2.24) is 0 Å². The second kappa shape index (κ2) is 8.32. The number of carbonyl (C=O) groups excluding carboxylic acids is 1. The molecule has 0 saturated heterocycles. The molecule has 1 aliphatic rings. The first kappa shape index (κ1) is 14.3. The van der Waals surface area contributed by atoms with Crippen LogP contribution < -0.4 is 5.73 Å². The third kappa shape index (κ3) is 7.19. The molecule has 0 saturated carbocycles. The van der Waals surface area contributed by atoms with E-state index in [4.69, 9.17) is 5.73 Å². The number of allylic oxidation sites excluding steroid dienone is 2. The Morgan fingerprint density at radius 2 is 1.59 bits per heavy atom. The molecule has 1 amide bonds. The largest absolute Gasteiger partial charge is 0.370 e. The molecule has 17 heavy (non-hydrogen) atoms. The number of unbranched alkanes of at least 4 members (excludes halogenated alkanes) is 6. The number of nitrogens with two attached hydrogens (primary N) is 1. The Labute approximate surface area is 106 Å². The monoisotopic (exact) mass is 237 g/mol. The molecule has 0 spiro atoms. The summed E-state index contributed by atoms with van der Waals surface area (Å²) in [5.74, 6) is -0.158. The number of rotatable bonds is 11. The summed E-state index contributed by atoms with van der Waals surface area (Å²) < 4.78 is 0. The summed E-state index contributed by atoms with van der Waals surface area (Å²) in [6.45, 7) is 2.26. The minimum atomic E-state index is -0.158. The van der Waals surface area contributed by atoms with Gasteiger partial charge >= 0.3 is 0 Å². The van der Waals surface area contributed by atoms with E-state index in [1.807, 2.05) is 0 Å². The van der Waals surface area contributed by atoms with Gasteiger partial charge < -0.3 is 5.73 Å². The van der Waals surface area contributed by atoms with Crippen molar-refractivity contribution in [3.05, 3.63) is 11.1 Å². The van der Waals surface area contributed by atoms with Crippen molar-refractivity contribution in [2.45, 2.75) is 77.6 Å². The zero-order valence-electron chi connectivity index (χ0n) is 11.3. The maximum Gasteiger partial charge on any atom is 0.217 e. The second-order valence-electron chi connectivity index (χ2n) is 5.18. The highest BCUT2D eigenvalue weighted by molar-refractivity contribution is 5.73. The SMILES string of the molecule is CCC1=C(CCCCCCCCCC(N)=O)C1. The van der Waals surface area contributed by atoms with Crippen LogP contribution in [0.1, 0.15) is 77.6 Å². The lowest BCUT2D eigenvalue weighted by Crippen LogP contribution is -2.09. The standard InChI is InChI=1S/C15H27NO/c1-2-13-12-14(13)10-8-6-4-3-5-7-9-11-15(16)17/h2-12H2,1H3,(H2,16,17). The number of hydrogen-bond acceptors (Lipinski definition) is 1. The second-order valence-corrected chi connectivity index (χ2v) is 5.18. The molecule has 0 atom stereocenters. The van der Waals surface area contributed by atoms with E-state index in [0.717, 1.165) is 12.8 Å². The van der Waals surface area contributed by atoms with Gasteiger partial charge in [-0.05, 0) is 32.1 Å². The van der Waals surface area contributed by atoms with E-state index in [0.29, 0.717) is 6.42 Å². The van der Waals surface area contributed by atoms with Crippen molar-refractivity contribution in [2.75, 3.05) is 0 Å². The minimum Gasteiger partial charge on any atom is -0.370 e. The van der Waals surface area contributed by atoms with Crippen molar-refractivity contribution in [3.8, 4) is 0 Å². The molecular weight excluding hydrogens is 210 g/mol. The summed E-state index contributed by atoms with van der Waals surface area (Å²) in [5, 5.41) is 0. The van der Waals surface area contributed by atoms with Crippen LogP contribution in [0.25, 0.3) is 0 Å². The van der Waals surface area contributed by atoms with Crippen LogP contribution in [0, 0.1) is 0 Å². The van der Waals surface area contributed by atoms with Crippen LogP contribution in [-0.4, -0.2) is 5.91 Å². The number of primary amides is 1. The highest BCUT2D eigenvalue weighted by Crippen LogP contribution is 2.37. The highest BCUT2D eigenvalue weighted by atomic mass is 16.1. The average molecular weight is 237 g/mol. The van der Waals surface area contributed by atoms with E-state index in [1.54, 1.807) is 11.1 Å². The van der Waals surface area contributed by atoms with E-state index >= 15 is 0 Å². The van der Waals surface area contributed by atoms with Gasteiger partial charge in [-0.15, -0.1) is 0 Å². The first-order valence-corrected chi connectivity index (χ1v) is 7.22. The van der Waals surface area contributed by atoms with E-state index in [-0.39, 0.29) is 5.91 Å². The summed E-state index contributed by atoms with van der Waals surface area (Å²) in [6.07, 6.45) is 13.3. The zero-order valence-corrected chi connectivity index (χ0v) is 11.3. The fourth-order valence-electron chi connectivity index (χ4n) is 2.38. The molecule has 0 heterocycles. The van der Waals surface area contributed by atoms with Gasteiger partial charge in [-0.3, -0.25) is 4.79 Å². The summed E-state index contributed by atoms with van der Waals surface area (Å²) >= 11 is 0. The van der Waals surface area contributed by atoms with Gasteiger partial charge in [0.05, 0.1) is 0 Å². The molecule has 2 N–H and O–H groups in total. The summed E-state index contributed by atoms with van der Waals surface area (Å²) in [6, 6.07) is 0. The van der Waals surface area contributed by atoms with Crippen LogP contribution in [0.3, 0.4) is 0 Å². The van der Waals surface area contributed by atoms with Gasteiger partial charge in [0.2, 0.25) is 5.91 Å². The lowest BCUT2D eigenvalue weighted by atomic mass is 10.1. The van der Waals surface area contributed by atoms with Gasteiger partial charge in [-0.2, -0.15) is 0 Å². The van der Waals surface area contributed by atoms with Gasteiger partial charge in [0.15, 0.2) is 0 Å². The predicted molar refractivity (Wildman–Crippen MR) is 72.7 cm³/mol. The molecule has 2 nitrogen and oxygen atoms in total. The van der Waals surface area contributed by atoms with Crippen LogP contribution in [0.15, 0.2) is 11.1 Å². The Morgan fingerprint density at radius 3 is 2.12 bits per heavy atom. The van der Waals surface area contributed by atoms with Gasteiger partial charge in [0.1, 0.15) is 0 Å². The van der Waals surface area contributed by atoms with Crippen molar-refractivity contribution < 1.29 is 4.79 Å². The molecule has 2 heteroatoms. The maximum absolute atomic E-state index is 10.5. The zero-order chi connectivity index (χ0) is 12.5. The van der Waals surface area contributed by atoms with Gasteiger partial charge in [-0.25, -0.2) is 0 Å². The average Bonchev–Trinajstić information content (AvgIpc) is 3.05. The third-order valence-electron chi connectivity index (χ3n) is 3.63. The smallest absolute Gasteiger partial charge is 0.217 e. The number of amides is 1. The molecule has 0 aromatic carbocycles. The Morgan fingerprint density at radius 1 is 1.00 bits per heavy atom.